The van der Waals surface area contributed by atoms with Crippen LogP contribution in [0.5, 0.6) is 0 Å². The van der Waals surface area contributed by atoms with E-state index in [4.69, 9.17) is 23.2 Å². The molecule has 0 aromatic carbocycles. The van der Waals surface area contributed by atoms with Crippen molar-refractivity contribution in [2.75, 3.05) is 0 Å². The van der Waals surface area contributed by atoms with Crippen molar-refractivity contribution in [3.05, 3.63) is 20.8 Å². The van der Waals surface area contributed by atoms with Gasteiger partial charge < -0.3 is 0 Å². The van der Waals surface area contributed by atoms with Crippen molar-refractivity contribution in [1.82, 2.24) is 0 Å². The Kier molecular flexibility index (Phi) is 3.17. The van der Waals surface area contributed by atoms with Crippen LogP contribution < -0.4 is 0 Å². The van der Waals surface area contributed by atoms with Gasteiger partial charge in [-0.1, -0.05) is 11.6 Å². The van der Waals surface area contributed by atoms with E-state index in [-0.39, 0.29) is 5.38 Å². The summed E-state index contributed by atoms with van der Waals surface area (Å²) < 4.78 is 0.921. The van der Waals surface area contributed by atoms with Crippen LogP contribution >= 0.6 is 34.5 Å². The van der Waals surface area contributed by atoms with Crippen molar-refractivity contribution in [2.45, 2.75) is 44.4 Å². The first-order valence-electron chi connectivity index (χ1n) is 7.51. The molecule has 1 heterocycles. The summed E-state index contributed by atoms with van der Waals surface area (Å²) in [4.78, 5) is 1.31. The third kappa shape index (κ3) is 2.08. The second-order valence-corrected chi connectivity index (χ2v) is 9.17. The van der Waals surface area contributed by atoms with Crippen LogP contribution in [0.15, 0.2) is 6.07 Å². The maximum atomic E-state index is 6.89. The zero-order chi connectivity index (χ0) is 13.1. The van der Waals surface area contributed by atoms with Crippen molar-refractivity contribution in [3.8, 4) is 0 Å². The molecule has 0 radical (unpaired) electrons. The van der Waals surface area contributed by atoms with E-state index in [0.717, 1.165) is 28.0 Å². The van der Waals surface area contributed by atoms with E-state index in [1.54, 1.807) is 11.3 Å². The lowest BCUT2D eigenvalue weighted by molar-refractivity contribution is -0.0378. The summed E-state index contributed by atoms with van der Waals surface area (Å²) in [7, 11) is 0. The molecule has 1 atom stereocenters. The molecular formula is C16H20Cl2S. The Morgan fingerprint density at radius 1 is 1.11 bits per heavy atom. The molecule has 4 aliphatic carbocycles. The van der Waals surface area contributed by atoms with Crippen LogP contribution in [-0.2, 0) is 0 Å². The minimum atomic E-state index is 0.200. The number of thiophene rings is 1. The number of aryl methyl sites for hydroxylation is 1. The van der Waals surface area contributed by atoms with E-state index in [0.29, 0.717) is 5.92 Å². The molecule has 4 aliphatic rings. The van der Waals surface area contributed by atoms with E-state index in [9.17, 15) is 0 Å². The number of hydrogen-bond donors (Lipinski definition) is 0. The number of rotatable bonds is 2. The Morgan fingerprint density at radius 2 is 1.68 bits per heavy atom. The Labute approximate surface area is 129 Å². The number of halogens is 2. The molecule has 0 spiro atoms. The van der Waals surface area contributed by atoms with Gasteiger partial charge in [-0.25, -0.2) is 0 Å². The van der Waals surface area contributed by atoms with E-state index in [1.165, 1.54) is 42.5 Å². The Hall–Kier alpha value is 0.280. The van der Waals surface area contributed by atoms with Gasteiger partial charge in [0.05, 0.1) is 9.71 Å². The molecule has 1 aromatic rings. The fraction of sp³-hybridized carbons (Fsp3) is 0.750. The van der Waals surface area contributed by atoms with Crippen LogP contribution in [0, 0.1) is 36.5 Å². The molecule has 0 N–H and O–H groups in total. The second-order valence-electron chi connectivity index (χ2n) is 7.02. The molecule has 3 heteroatoms. The Morgan fingerprint density at radius 3 is 2.16 bits per heavy atom. The Bertz CT molecular complexity index is 445. The first-order chi connectivity index (χ1) is 9.11. The molecule has 19 heavy (non-hydrogen) atoms. The summed E-state index contributed by atoms with van der Waals surface area (Å²) in [5.41, 5.74) is 1.19. The Balaban J connectivity index is 1.61. The largest absolute Gasteiger partial charge is 0.127 e. The van der Waals surface area contributed by atoms with Gasteiger partial charge in [0, 0.05) is 4.88 Å². The van der Waals surface area contributed by atoms with Crippen LogP contribution in [0.1, 0.15) is 47.9 Å². The van der Waals surface area contributed by atoms with E-state index in [1.807, 2.05) is 0 Å². The number of alkyl halides is 1. The maximum absolute atomic E-state index is 6.89. The van der Waals surface area contributed by atoms with Crippen LogP contribution in [0.2, 0.25) is 4.34 Å². The third-order valence-electron chi connectivity index (χ3n) is 5.79. The molecule has 104 valence electrons. The van der Waals surface area contributed by atoms with Gasteiger partial charge in [0.15, 0.2) is 0 Å². The quantitative estimate of drug-likeness (QED) is 0.582. The second kappa shape index (κ2) is 4.64. The zero-order valence-electron chi connectivity index (χ0n) is 11.2. The smallest absolute Gasteiger partial charge is 0.0960 e. The average Bonchev–Trinajstić information content (AvgIpc) is 2.68. The monoisotopic (exact) mass is 314 g/mol. The summed E-state index contributed by atoms with van der Waals surface area (Å²) in [6, 6.07) is 2.22. The molecule has 4 bridgehead atoms. The zero-order valence-corrected chi connectivity index (χ0v) is 13.6. The molecule has 0 nitrogen and oxygen atoms in total. The third-order valence-corrected chi connectivity index (χ3v) is 8.08. The van der Waals surface area contributed by atoms with Crippen molar-refractivity contribution in [1.29, 1.82) is 0 Å². The minimum absolute atomic E-state index is 0.200. The highest BCUT2D eigenvalue weighted by Gasteiger charge is 2.50. The van der Waals surface area contributed by atoms with Crippen LogP contribution in [0.25, 0.3) is 0 Å². The molecule has 5 rings (SSSR count). The van der Waals surface area contributed by atoms with E-state index in [2.05, 4.69) is 13.0 Å². The maximum Gasteiger partial charge on any atom is 0.0960 e. The highest BCUT2D eigenvalue weighted by molar-refractivity contribution is 7.16. The highest BCUT2D eigenvalue weighted by atomic mass is 35.5. The molecule has 0 aliphatic heterocycles. The van der Waals surface area contributed by atoms with Crippen molar-refractivity contribution in [2.24, 2.45) is 29.6 Å². The van der Waals surface area contributed by atoms with Crippen LogP contribution in [-0.4, -0.2) is 0 Å². The average molecular weight is 315 g/mol. The van der Waals surface area contributed by atoms with Crippen LogP contribution in [0.4, 0.5) is 0 Å². The van der Waals surface area contributed by atoms with Gasteiger partial charge in [-0.3, -0.25) is 0 Å². The van der Waals surface area contributed by atoms with Crippen molar-refractivity contribution < 1.29 is 0 Å². The molecule has 4 saturated carbocycles. The van der Waals surface area contributed by atoms with Gasteiger partial charge in [-0.05, 0) is 80.2 Å². The summed E-state index contributed by atoms with van der Waals surface area (Å²) in [5, 5.41) is 0.200. The lowest BCUT2D eigenvalue weighted by atomic mass is 9.51. The predicted octanol–water partition coefficient (Wildman–Crippen LogP) is 6.06. The SMILES string of the molecule is Cc1cc(C(Cl)C2C3CC4CC(C3)CC2C4)sc1Cl. The number of hydrogen-bond acceptors (Lipinski definition) is 1. The predicted molar refractivity (Wildman–Crippen MR) is 83.2 cm³/mol. The summed E-state index contributed by atoms with van der Waals surface area (Å²) in [6.07, 6.45) is 7.28. The topological polar surface area (TPSA) is 0 Å². The fourth-order valence-electron chi connectivity index (χ4n) is 5.25. The van der Waals surface area contributed by atoms with Gasteiger partial charge in [-0.15, -0.1) is 22.9 Å². The van der Waals surface area contributed by atoms with Gasteiger partial charge in [-0.2, -0.15) is 0 Å². The highest BCUT2D eigenvalue weighted by Crippen LogP contribution is 2.61. The van der Waals surface area contributed by atoms with E-state index < -0.39 is 0 Å². The lowest BCUT2D eigenvalue weighted by Gasteiger charge is -2.55. The standard InChI is InChI=1S/C16H20Cl2S/c1-8-2-13(19-16(8)18)15(17)14-11-4-9-3-10(6-11)7-12(14)5-9/h2,9-12,14-15H,3-7H2,1H3. The first-order valence-corrected chi connectivity index (χ1v) is 9.14. The van der Waals surface area contributed by atoms with Gasteiger partial charge in [0.1, 0.15) is 0 Å². The molecular weight excluding hydrogens is 295 g/mol. The first kappa shape index (κ1) is 13.0. The lowest BCUT2D eigenvalue weighted by Crippen LogP contribution is -2.46. The fourth-order valence-corrected chi connectivity index (χ4v) is 7.12. The summed E-state index contributed by atoms with van der Waals surface area (Å²) >= 11 is 14.8. The van der Waals surface area contributed by atoms with Gasteiger partial charge >= 0.3 is 0 Å². The van der Waals surface area contributed by atoms with Crippen molar-refractivity contribution in [3.63, 3.8) is 0 Å². The summed E-state index contributed by atoms with van der Waals surface area (Å²) in [5.74, 6) is 4.54. The van der Waals surface area contributed by atoms with Crippen LogP contribution in [0.3, 0.4) is 0 Å². The van der Waals surface area contributed by atoms with Gasteiger partial charge in [0.25, 0.3) is 0 Å². The molecule has 1 unspecified atom stereocenters. The normalized spacial score (nSPS) is 41.7. The molecule has 4 fully saturated rings. The summed E-state index contributed by atoms with van der Waals surface area (Å²) in [6.45, 7) is 2.09. The van der Waals surface area contributed by atoms with Crippen molar-refractivity contribution >= 4 is 34.5 Å². The minimum Gasteiger partial charge on any atom is -0.127 e. The molecule has 0 saturated heterocycles. The molecule has 1 aromatic heterocycles. The van der Waals surface area contributed by atoms with E-state index >= 15 is 0 Å². The van der Waals surface area contributed by atoms with Gasteiger partial charge in [0.2, 0.25) is 0 Å². The molecule has 0 amide bonds.